The smallest absolute Gasteiger partial charge is 0.238 e. The zero-order chi connectivity index (χ0) is 35.3. The monoisotopic (exact) mass is 720 g/mol. The predicted molar refractivity (Wildman–Crippen MR) is 198 cm³/mol. The summed E-state index contributed by atoms with van der Waals surface area (Å²) in [5.74, 6) is 0.184. The molecule has 4 aromatic carbocycles. The van der Waals surface area contributed by atoms with Crippen molar-refractivity contribution in [3.8, 4) is 22.6 Å². The summed E-state index contributed by atoms with van der Waals surface area (Å²) in [6.45, 7) is 4.28. The van der Waals surface area contributed by atoms with Crippen molar-refractivity contribution in [3.63, 3.8) is 0 Å². The number of anilines is 1. The fourth-order valence-electron chi connectivity index (χ4n) is 5.10. The molecule has 6 rings (SSSR count). The lowest BCUT2D eigenvalue weighted by Crippen LogP contribution is -2.14. The van der Waals surface area contributed by atoms with Crippen LogP contribution in [0.3, 0.4) is 0 Å². The molecule has 0 bridgehead atoms. The molecule has 0 saturated heterocycles. The Morgan fingerprint density at radius 2 is 1.66 bits per heavy atom. The third-order valence-corrected chi connectivity index (χ3v) is 9.69. The number of amides is 1. The Morgan fingerprint density at radius 3 is 2.36 bits per heavy atom. The number of hydrogen-bond acceptors (Lipinski definition) is 8. The lowest BCUT2D eigenvalue weighted by molar-refractivity contribution is -0.113. The molecule has 1 amide bonds. The first-order valence-electron chi connectivity index (χ1n) is 15.2. The number of thioether (sulfide) groups is 1. The zero-order valence-electron chi connectivity index (χ0n) is 26.4. The minimum Gasteiger partial charge on any atom is -0.325 e. The predicted octanol–water partition coefficient (Wildman–Crippen LogP) is 7.27. The molecule has 0 unspecified atom stereocenters. The molecule has 0 aliphatic rings. The van der Waals surface area contributed by atoms with E-state index >= 15 is 0 Å². The van der Waals surface area contributed by atoms with Crippen molar-refractivity contribution in [2.24, 2.45) is 5.14 Å². The number of nitrogens with two attached hydrogens (primary N) is 1. The van der Waals surface area contributed by atoms with E-state index in [1.165, 1.54) is 30.0 Å². The van der Waals surface area contributed by atoms with Crippen LogP contribution >= 0.6 is 23.4 Å². The number of fused-ring (bicyclic) bond motifs is 1. The highest BCUT2D eigenvalue weighted by molar-refractivity contribution is 7.99. The van der Waals surface area contributed by atoms with E-state index < -0.39 is 10.0 Å². The summed E-state index contributed by atoms with van der Waals surface area (Å²) in [6, 6.07) is 29.5. The van der Waals surface area contributed by atoms with Gasteiger partial charge in [-0.1, -0.05) is 78.0 Å². The normalized spacial score (nSPS) is 11.6. The van der Waals surface area contributed by atoms with E-state index in [1.54, 1.807) is 60.7 Å². The standard InChI is InChI=1S/C37H29ClN6O4S2/c1-2-21-44-36(31-22-33(41-32-6-4-3-5-30(31)32)25-12-18-29(19-13-25)50(39,47)48)42-43-37(44)49-23-35(46)40-28-16-10-26(11-17-28)34(45)20-9-24-7-14-27(38)15-8-24/h2-20,22H,1,21,23H2,(H,40,46)(H2,39,47,48)/b20-9+. The summed E-state index contributed by atoms with van der Waals surface area (Å²) in [7, 11) is -3.84. The maximum Gasteiger partial charge on any atom is 0.238 e. The van der Waals surface area contributed by atoms with E-state index in [4.69, 9.17) is 21.7 Å². The number of nitrogens with one attached hydrogen (secondary N) is 1. The lowest BCUT2D eigenvalue weighted by Gasteiger charge is -2.12. The molecule has 250 valence electrons. The number of sulfonamides is 1. The van der Waals surface area contributed by atoms with Gasteiger partial charge in [-0.2, -0.15) is 0 Å². The molecule has 50 heavy (non-hydrogen) atoms. The van der Waals surface area contributed by atoms with Crippen molar-refractivity contribution in [2.75, 3.05) is 11.1 Å². The van der Waals surface area contributed by atoms with Gasteiger partial charge in [0.1, 0.15) is 0 Å². The molecule has 0 saturated carbocycles. The summed E-state index contributed by atoms with van der Waals surface area (Å²) in [5, 5.41) is 19.0. The van der Waals surface area contributed by atoms with Crippen molar-refractivity contribution in [2.45, 2.75) is 16.6 Å². The molecule has 0 atom stereocenters. The molecule has 0 spiro atoms. The second kappa shape index (κ2) is 15.0. The SMILES string of the molecule is C=CCn1c(SCC(=O)Nc2ccc(C(=O)/C=C/c3ccc(Cl)cc3)cc2)nnc1-c1cc(-c2ccc(S(N)(=O)=O)cc2)nc2ccccc12. The number of primary sulfonamides is 1. The Kier molecular flexibility index (Phi) is 10.3. The van der Waals surface area contributed by atoms with Gasteiger partial charge in [0.05, 0.1) is 21.9 Å². The van der Waals surface area contributed by atoms with E-state index in [9.17, 15) is 18.0 Å². The molecule has 3 N–H and O–H groups in total. The molecule has 2 aromatic heterocycles. The highest BCUT2D eigenvalue weighted by atomic mass is 35.5. The molecule has 0 fully saturated rings. The van der Waals surface area contributed by atoms with Crippen molar-refractivity contribution >= 4 is 67.7 Å². The number of carbonyl (C=O) groups is 2. The summed E-state index contributed by atoms with van der Waals surface area (Å²) in [6.07, 6.45) is 4.93. The molecule has 13 heteroatoms. The maximum absolute atomic E-state index is 12.9. The van der Waals surface area contributed by atoms with Gasteiger partial charge in [0.25, 0.3) is 0 Å². The lowest BCUT2D eigenvalue weighted by atomic mass is 10.0. The summed E-state index contributed by atoms with van der Waals surface area (Å²) in [4.78, 5) is 30.4. The second-order valence-electron chi connectivity index (χ2n) is 11.0. The van der Waals surface area contributed by atoms with Crippen LogP contribution in [-0.2, 0) is 21.4 Å². The Morgan fingerprint density at radius 1 is 0.940 bits per heavy atom. The number of ketones is 1. The van der Waals surface area contributed by atoms with E-state index in [-0.39, 0.29) is 22.3 Å². The molecule has 6 aromatic rings. The first-order chi connectivity index (χ1) is 24.1. The van der Waals surface area contributed by atoms with Gasteiger partial charge >= 0.3 is 0 Å². The second-order valence-corrected chi connectivity index (χ2v) is 14.0. The van der Waals surface area contributed by atoms with Crippen molar-refractivity contribution < 1.29 is 18.0 Å². The van der Waals surface area contributed by atoms with E-state index in [2.05, 4.69) is 22.1 Å². The van der Waals surface area contributed by atoms with Gasteiger partial charge in [0, 0.05) is 39.3 Å². The largest absolute Gasteiger partial charge is 0.325 e. The van der Waals surface area contributed by atoms with Crippen LogP contribution < -0.4 is 10.5 Å². The average Bonchev–Trinajstić information content (AvgIpc) is 3.52. The number of benzene rings is 4. The number of aromatic nitrogens is 4. The number of hydrogen-bond donors (Lipinski definition) is 2. The van der Waals surface area contributed by atoms with E-state index in [1.807, 2.05) is 47.0 Å². The number of pyridine rings is 1. The zero-order valence-corrected chi connectivity index (χ0v) is 28.8. The highest BCUT2D eigenvalue weighted by Gasteiger charge is 2.19. The Labute approximate surface area is 297 Å². The van der Waals surface area contributed by atoms with E-state index in [0.717, 1.165) is 16.5 Å². The van der Waals surface area contributed by atoms with Gasteiger partial charge in [-0.25, -0.2) is 18.5 Å². The van der Waals surface area contributed by atoms with Gasteiger partial charge in [0.15, 0.2) is 16.8 Å². The fraction of sp³-hybridized carbons (Fsp3) is 0.0541. The van der Waals surface area contributed by atoms with Crippen LogP contribution in [0.5, 0.6) is 0 Å². The number of nitrogens with zero attached hydrogens (tertiary/aromatic N) is 4. The summed E-state index contributed by atoms with van der Waals surface area (Å²) < 4.78 is 25.4. The fourth-order valence-corrected chi connectivity index (χ4v) is 6.49. The first-order valence-corrected chi connectivity index (χ1v) is 18.1. The van der Waals surface area contributed by atoms with Gasteiger partial charge in [0.2, 0.25) is 15.9 Å². The van der Waals surface area contributed by atoms with Crippen LogP contribution in [0.1, 0.15) is 15.9 Å². The van der Waals surface area contributed by atoms with Gasteiger partial charge in [-0.3, -0.25) is 14.2 Å². The molecular formula is C37H29ClN6O4S2. The molecule has 0 aliphatic heterocycles. The third kappa shape index (κ3) is 8.07. The molecule has 0 aliphatic carbocycles. The van der Waals surface area contributed by atoms with Gasteiger partial charge in [-0.05, 0) is 72.3 Å². The minimum atomic E-state index is -3.84. The molecule has 0 radical (unpaired) electrons. The Hall–Kier alpha value is -5.40. The quantitative estimate of drug-likeness (QED) is 0.0580. The third-order valence-electron chi connectivity index (χ3n) is 7.55. The van der Waals surface area contributed by atoms with Crippen molar-refractivity contribution in [1.82, 2.24) is 19.7 Å². The topological polar surface area (TPSA) is 150 Å². The van der Waals surface area contributed by atoms with Crippen LogP contribution in [0.25, 0.3) is 39.6 Å². The van der Waals surface area contributed by atoms with Gasteiger partial charge in [-0.15, -0.1) is 16.8 Å². The highest BCUT2D eigenvalue weighted by Crippen LogP contribution is 2.33. The van der Waals surface area contributed by atoms with E-state index in [0.29, 0.717) is 50.6 Å². The number of allylic oxidation sites excluding steroid dienone is 2. The number of carbonyl (C=O) groups excluding carboxylic acids is 2. The van der Waals surface area contributed by atoms with Crippen LogP contribution in [0.15, 0.2) is 132 Å². The first kappa shape index (κ1) is 34.5. The number of para-hydroxylation sites is 1. The minimum absolute atomic E-state index is 0.00411. The van der Waals surface area contributed by atoms with Crippen molar-refractivity contribution in [1.29, 1.82) is 0 Å². The van der Waals surface area contributed by atoms with Gasteiger partial charge < -0.3 is 5.32 Å². The molecule has 10 nitrogen and oxygen atoms in total. The van der Waals surface area contributed by atoms with Crippen molar-refractivity contribution in [3.05, 3.63) is 138 Å². The number of rotatable bonds is 12. The Balaban J connectivity index is 1.18. The summed E-state index contributed by atoms with van der Waals surface area (Å²) in [5.41, 5.74) is 4.65. The average molecular weight is 721 g/mol. The molecular weight excluding hydrogens is 692 g/mol. The van der Waals surface area contributed by atoms with Crippen LogP contribution in [0.4, 0.5) is 5.69 Å². The van der Waals surface area contributed by atoms with Crippen LogP contribution in [0, 0.1) is 0 Å². The van der Waals surface area contributed by atoms with Crippen LogP contribution in [-0.4, -0.2) is 45.6 Å². The Bertz CT molecular complexity index is 2360. The summed E-state index contributed by atoms with van der Waals surface area (Å²) >= 11 is 7.15. The maximum atomic E-state index is 12.9. The van der Waals surface area contributed by atoms with Crippen LogP contribution in [0.2, 0.25) is 5.02 Å². The molecule has 2 heterocycles. The number of halogens is 1.